The molecule has 2 heterocycles. The zero-order chi connectivity index (χ0) is 17.5. The van der Waals surface area contributed by atoms with Crippen LogP contribution in [0.15, 0.2) is 30.3 Å². The Kier molecular flexibility index (Phi) is 6.84. The number of carbonyl (C=O) groups is 1. The van der Waals surface area contributed by atoms with Crippen LogP contribution in [0, 0.1) is 11.8 Å². The van der Waals surface area contributed by atoms with E-state index in [0.717, 1.165) is 50.9 Å². The molecule has 2 aliphatic heterocycles. The van der Waals surface area contributed by atoms with Gasteiger partial charge in [-0.1, -0.05) is 30.3 Å². The minimum absolute atomic E-state index is 0.134. The fourth-order valence-corrected chi connectivity index (χ4v) is 3.75. The molecular weight excluding hydrogens is 316 g/mol. The smallest absolute Gasteiger partial charge is 0.223 e. The highest BCUT2D eigenvalue weighted by molar-refractivity contribution is 5.78. The number of likely N-dealkylation sites (tertiary alicyclic amines) is 1. The Morgan fingerprint density at radius 2 is 1.84 bits per heavy atom. The largest absolute Gasteiger partial charge is 0.387 e. The highest BCUT2D eigenvalue weighted by Crippen LogP contribution is 2.21. The first-order valence-corrected chi connectivity index (χ1v) is 9.53. The average molecular weight is 346 g/mol. The predicted molar refractivity (Wildman–Crippen MR) is 97.1 cm³/mol. The summed E-state index contributed by atoms with van der Waals surface area (Å²) < 4.78 is 5.31. The second kappa shape index (κ2) is 9.32. The van der Waals surface area contributed by atoms with Crippen LogP contribution in [0.2, 0.25) is 0 Å². The molecule has 0 spiro atoms. The molecule has 2 saturated heterocycles. The van der Waals surface area contributed by atoms with Crippen molar-refractivity contribution in [1.29, 1.82) is 0 Å². The minimum Gasteiger partial charge on any atom is -0.387 e. The van der Waals surface area contributed by atoms with Crippen LogP contribution in [0.3, 0.4) is 0 Å². The topological polar surface area (TPSA) is 61.8 Å². The molecule has 1 aromatic carbocycles. The van der Waals surface area contributed by atoms with E-state index in [4.69, 9.17) is 4.74 Å². The van der Waals surface area contributed by atoms with E-state index in [9.17, 15) is 9.90 Å². The molecule has 1 aromatic rings. The highest BCUT2D eigenvalue weighted by atomic mass is 16.5. The Bertz CT molecular complexity index is 523. The first-order chi connectivity index (χ1) is 12.2. The van der Waals surface area contributed by atoms with Gasteiger partial charge >= 0.3 is 0 Å². The number of benzene rings is 1. The molecule has 2 fully saturated rings. The molecule has 1 atom stereocenters. The van der Waals surface area contributed by atoms with E-state index in [-0.39, 0.29) is 11.8 Å². The number of carbonyl (C=O) groups excluding carboxylic acids is 1. The number of aliphatic hydroxyl groups excluding tert-OH is 1. The van der Waals surface area contributed by atoms with Crippen molar-refractivity contribution in [2.75, 3.05) is 39.4 Å². The van der Waals surface area contributed by atoms with E-state index in [1.165, 1.54) is 0 Å². The van der Waals surface area contributed by atoms with Crippen molar-refractivity contribution in [1.82, 2.24) is 10.2 Å². The standard InChI is InChI=1S/C20H30N2O3/c23-19(17-4-2-1-3-5-17)15-22-10-6-16(7-11-22)14-21-20(24)18-8-12-25-13-9-18/h1-5,16,18-19,23H,6-15H2,(H,21,24). The molecule has 2 N–H and O–H groups in total. The van der Waals surface area contributed by atoms with E-state index in [1.54, 1.807) is 0 Å². The molecule has 0 radical (unpaired) electrons. The second-order valence-electron chi connectivity index (χ2n) is 7.30. The van der Waals surface area contributed by atoms with Crippen molar-refractivity contribution in [3.8, 4) is 0 Å². The van der Waals surface area contributed by atoms with Crippen LogP contribution in [-0.2, 0) is 9.53 Å². The third-order valence-electron chi connectivity index (χ3n) is 5.48. The molecule has 0 saturated carbocycles. The van der Waals surface area contributed by atoms with Crippen molar-refractivity contribution >= 4 is 5.91 Å². The molecule has 0 bridgehead atoms. The molecule has 0 aromatic heterocycles. The number of ether oxygens (including phenoxy) is 1. The van der Waals surface area contributed by atoms with E-state index in [1.807, 2.05) is 30.3 Å². The number of hydrogen-bond donors (Lipinski definition) is 2. The number of nitrogens with one attached hydrogen (secondary N) is 1. The number of rotatable bonds is 6. The summed E-state index contributed by atoms with van der Waals surface area (Å²) in [5.74, 6) is 0.883. The third-order valence-corrected chi connectivity index (χ3v) is 5.48. The Morgan fingerprint density at radius 3 is 2.52 bits per heavy atom. The van der Waals surface area contributed by atoms with Crippen molar-refractivity contribution in [3.63, 3.8) is 0 Å². The summed E-state index contributed by atoms with van der Waals surface area (Å²) in [5, 5.41) is 13.5. The van der Waals surface area contributed by atoms with Gasteiger partial charge in [0.05, 0.1) is 6.10 Å². The lowest BCUT2D eigenvalue weighted by atomic mass is 9.95. The maximum absolute atomic E-state index is 12.2. The Balaban J connectivity index is 1.35. The summed E-state index contributed by atoms with van der Waals surface area (Å²) in [6.45, 7) is 4.86. The summed E-state index contributed by atoms with van der Waals surface area (Å²) in [6.07, 6.45) is 3.43. The van der Waals surface area contributed by atoms with Crippen LogP contribution in [0.4, 0.5) is 0 Å². The monoisotopic (exact) mass is 346 g/mol. The molecule has 5 nitrogen and oxygen atoms in total. The van der Waals surface area contributed by atoms with E-state index in [0.29, 0.717) is 25.7 Å². The summed E-state index contributed by atoms with van der Waals surface area (Å²) >= 11 is 0. The van der Waals surface area contributed by atoms with Crippen molar-refractivity contribution in [3.05, 3.63) is 35.9 Å². The quantitative estimate of drug-likeness (QED) is 0.827. The Hall–Kier alpha value is -1.43. The maximum atomic E-state index is 12.2. The van der Waals surface area contributed by atoms with E-state index in [2.05, 4.69) is 10.2 Å². The molecule has 5 heteroatoms. The van der Waals surface area contributed by atoms with Gasteiger partial charge in [0.25, 0.3) is 0 Å². The highest BCUT2D eigenvalue weighted by Gasteiger charge is 2.24. The fourth-order valence-electron chi connectivity index (χ4n) is 3.75. The normalized spacial score (nSPS) is 21.8. The summed E-state index contributed by atoms with van der Waals surface area (Å²) in [7, 11) is 0. The lowest BCUT2D eigenvalue weighted by Gasteiger charge is -2.33. The summed E-state index contributed by atoms with van der Waals surface area (Å²) in [4.78, 5) is 14.5. The number of piperidine rings is 1. The molecule has 1 unspecified atom stereocenters. The number of aliphatic hydroxyl groups is 1. The van der Waals surface area contributed by atoms with E-state index < -0.39 is 6.10 Å². The molecule has 138 valence electrons. The van der Waals surface area contributed by atoms with Gasteiger partial charge in [-0.05, 0) is 50.3 Å². The van der Waals surface area contributed by atoms with Gasteiger partial charge in [0.2, 0.25) is 5.91 Å². The van der Waals surface area contributed by atoms with Gasteiger partial charge in [-0.15, -0.1) is 0 Å². The molecule has 2 aliphatic rings. The van der Waals surface area contributed by atoms with Gasteiger partial charge < -0.3 is 20.1 Å². The zero-order valence-corrected chi connectivity index (χ0v) is 14.9. The maximum Gasteiger partial charge on any atom is 0.223 e. The first-order valence-electron chi connectivity index (χ1n) is 9.53. The SMILES string of the molecule is O=C(NCC1CCN(CC(O)c2ccccc2)CC1)C1CCOCC1. The average Bonchev–Trinajstić information content (AvgIpc) is 2.68. The minimum atomic E-state index is -0.425. The van der Waals surface area contributed by atoms with Crippen LogP contribution in [-0.4, -0.2) is 55.3 Å². The van der Waals surface area contributed by atoms with Crippen LogP contribution in [0.25, 0.3) is 0 Å². The van der Waals surface area contributed by atoms with Gasteiger partial charge in [-0.3, -0.25) is 4.79 Å². The second-order valence-corrected chi connectivity index (χ2v) is 7.30. The van der Waals surface area contributed by atoms with Gasteiger partial charge in [0, 0.05) is 32.2 Å². The third kappa shape index (κ3) is 5.53. The first kappa shape index (κ1) is 18.4. The zero-order valence-electron chi connectivity index (χ0n) is 14.9. The van der Waals surface area contributed by atoms with Crippen LogP contribution < -0.4 is 5.32 Å². The number of nitrogens with zero attached hydrogens (tertiary/aromatic N) is 1. The van der Waals surface area contributed by atoms with Crippen LogP contribution in [0.1, 0.15) is 37.4 Å². The Morgan fingerprint density at radius 1 is 1.16 bits per heavy atom. The number of amides is 1. The van der Waals surface area contributed by atoms with Gasteiger partial charge in [-0.25, -0.2) is 0 Å². The molecule has 25 heavy (non-hydrogen) atoms. The van der Waals surface area contributed by atoms with E-state index >= 15 is 0 Å². The summed E-state index contributed by atoms with van der Waals surface area (Å²) in [6, 6.07) is 9.85. The predicted octanol–water partition coefficient (Wildman–Crippen LogP) is 1.97. The summed E-state index contributed by atoms with van der Waals surface area (Å²) in [5.41, 5.74) is 0.980. The number of β-amino-alcohol motifs (C(OH)–C–C–N with tert-alkyl or cyclic N) is 1. The van der Waals surface area contributed by atoms with Crippen molar-refractivity contribution < 1.29 is 14.6 Å². The van der Waals surface area contributed by atoms with Crippen molar-refractivity contribution in [2.24, 2.45) is 11.8 Å². The lowest BCUT2D eigenvalue weighted by molar-refractivity contribution is -0.128. The van der Waals surface area contributed by atoms with Crippen LogP contribution >= 0.6 is 0 Å². The van der Waals surface area contributed by atoms with Gasteiger partial charge in [0.1, 0.15) is 0 Å². The molecule has 1 amide bonds. The number of hydrogen-bond acceptors (Lipinski definition) is 4. The fraction of sp³-hybridized carbons (Fsp3) is 0.650. The molecule has 3 rings (SSSR count). The Labute approximate surface area is 150 Å². The molecular formula is C20H30N2O3. The van der Waals surface area contributed by atoms with Gasteiger partial charge in [-0.2, -0.15) is 0 Å². The van der Waals surface area contributed by atoms with Gasteiger partial charge in [0.15, 0.2) is 0 Å². The molecule has 0 aliphatic carbocycles. The van der Waals surface area contributed by atoms with Crippen LogP contribution in [0.5, 0.6) is 0 Å². The lowest BCUT2D eigenvalue weighted by Crippen LogP contribution is -2.42. The van der Waals surface area contributed by atoms with Crippen molar-refractivity contribution in [2.45, 2.75) is 31.8 Å².